The smallest absolute Gasteiger partial charge is 0.244 e. The Morgan fingerprint density at radius 1 is 1.40 bits per heavy atom. The van der Waals surface area contributed by atoms with E-state index in [-0.39, 0.29) is 23.2 Å². The van der Waals surface area contributed by atoms with Crippen molar-refractivity contribution in [3.05, 3.63) is 18.2 Å². The summed E-state index contributed by atoms with van der Waals surface area (Å²) in [6, 6.07) is 4.13. The molecule has 8 heteroatoms. The van der Waals surface area contributed by atoms with Crippen LogP contribution in [0.15, 0.2) is 23.1 Å². The van der Waals surface area contributed by atoms with E-state index >= 15 is 0 Å². The first-order valence-corrected chi connectivity index (χ1v) is 7.47. The molecule has 0 aliphatic rings. The number of amides is 1. The highest BCUT2D eigenvalue weighted by Crippen LogP contribution is 2.25. The lowest BCUT2D eigenvalue weighted by molar-refractivity contribution is -0.120. The van der Waals surface area contributed by atoms with Gasteiger partial charge in [0.05, 0.1) is 13.7 Å². The van der Waals surface area contributed by atoms with E-state index in [0.717, 1.165) is 0 Å². The molecule has 0 aromatic heterocycles. The predicted octanol–water partition coefficient (Wildman–Crippen LogP) is 0.0803. The van der Waals surface area contributed by atoms with Gasteiger partial charge in [-0.15, -0.1) is 0 Å². The summed E-state index contributed by atoms with van der Waals surface area (Å²) in [6.45, 7) is 3.23. The van der Waals surface area contributed by atoms with Gasteiger partial charge in [0.2, 0.25) is 15.9 Å². The van der Waals surface area contributed by atoms with Crippen LogP contribution >= 0.6 is 0 Å². The quantitative estimate of drug-likeness (QED) is 0.644. The van der Waals surface area contributed by atoms with E-state index in [1.54, 1.807) is 13.8 Å². The summed E-state index contributed by atoms with van der Waals surface area (Å²) < 4.78 is 31.4. The van der Waals surface area contributed by atoms with Crippen molar-refractivity contribution < 1.29 is 17.9 Å². The second-order valence-electron chi connectivity index (χ2n) is 4.46. The summed E-state index contributed by atoms with van der Waals surface area (Å²) in [5, 5.41) is 2.59. The summed E-state index contributed by atoms with van der Waals surface area (Å²) >= 11 is 0. The second kappa shape index (κ2) is 6.58. The molecular weight excluding hydrogens is 282 g/mol. The minimum atomic E-state index is -3.84. The van der Waals surface area contributed by atoms with Crippen LogP contribution in [0.5, 0.6) is 5.75 Å². The largest absolute Gasteiger partial charge is 0.495 e. The molecule has 0 fully saturated rings. The lowest BCUT2D eigenvalue weighted by Crippen LogP contribution is -2.39. The Morgan fingerprint density at radius 2 is 2.05 bits per heavy atom. The number of nitrogens with one attached hydrogen (secondary N) is 2. The van der Waals surface area contributed by atoms with E-state index in [2.05, 4.69) is 10.0 Å². The molecule has 112 valence electrons. The Labute approximate surface area is 118 Å². The highest BCUT2D eigenvalue weighted by molar-refractivity contribution is 7.89. The van der Waals surface area contributed by atoms with Crippen LogP contribution < -0.4 is 20.5 Å². The van der Waals surface area contributed by atoms with Crippen LogP contribution in [0.2, 0.25) is 0 Å². The van der Waals surface area contributed by atoms with Gasteiger partial charge in [-0.1, -0.05) is 0 Å². The molecule has 1 aromatic carbocycles. The zero-order valence-electron chi connectivity index (χ0n) is 11.6. The Bertz CT molecular complexity index is 584. The Hall–Kier alpha value is -1.80. The van der Waals surface area contributed by atoms with Crippen LogP contribution in [0.25, 0.3) is 0 Å². The number of hydrogen-bond acceptors (Lipinski definition) is 5. The zero-order chi connectivity index (χ0) is 15.3. The van der Waals surface area contributed by atoms with E-state index in [1.807, 2.05) is 0 Å². The van der Waals surface area contributed by atoms with Gasteiger partial charge in [-0.3, -0.25) is 4.79 Å². The number of anilines is 1. The number of sulfonamides is 1. The van der Waals surface area contributed by atoms with E-state index in [0.29, 0.717) is 5.69 Å². The van der Waals surface area contributed by atoms with Crippen molar-refractivity contribution in [2.75, 3.05) is 19.4 Å². The van der Waals surface area contributed by atoms with Crippen LogP contribution in [0, 0.1) is 0 Å². The summed E-state index contributed by atoms with van der Waals surface area (Å²) in [5.74, 6) is -0.278. The number of benzene rings is 1. The van der Waals surface area contributed by atoms with Crippen LogP contribution in [0.1, 0.15) is 13.8 Å². The van der Waals surface area contributed by atoms with Crippen molar-refractivity contribution >= 4 is 21.6 Å². The summed E-state index contributed by atoms with van der Waals surface area (Å²) in [7, 11) is -2.50. The first kappa shape index (κ1) is 16.3. The summed E-state index contributed by atoms with van der Waals surface area (Å²) in [4.78, 5) is 11.4. The SMILES string of the molecule is COc1cc(N)ccc1S(=O)(=O)NCC(=O)NC(C)C. The number of ether oxygens (including phenoxy) is 1. The van der Waals surface area contributed by atoms with E-state index in [4.69, 9.17) is 10.5 Å². The first-order valence-electron chi connectivity index (χ1n) is 5.99. The fraction of sp³-hybridized carbons (Fsp3) is 0.417. The molecular formula is C12H19N3O4S. The van der Waals surface area contributed by atoms with Gasteiger partial charge in [-0.05, 0) is 26.0 Å². The normalized spacial score (nSPS) is 11.4. The lowest BCUT2D eigenvalue weighted by atomic mass is 10.3. The van der Waals surface area contributed by atoms with Crippen LogP contribution in [-0.4, -0.2) is 34.0 Å². The standard InChI is InChI=1S/C12H19N3O4S/c1-8(2)15-12(16)7-14-20(17,18)11-5-4-9(13)6-10(11)19-3/h4-6,8,14H,7,13H2,1-3H3,(H,15,16). The first-order chi connectivity index (χ1) is 9.26. The molecule has 0 saturated heterocycles. The molecule has 0 spiro atoms. The van der Waals surface area contributed by atoms with Crippen molar-refractivity contribution in [3.8, 4) is 5.75 Å². The third-order valence-electron chi connectivity index (χ3n) is 2.35. The third kappa shape index (κ3) is 4.39. The van der Waals surface area contributed by atoms with E-state index < -0.39 is 15.9 Å². The fourth-order valence-electron chi connectivity index (χ4n) is 1.52. The number of carbonyl (C=O) groups excluding carboxylic acids is 1. The van der Waals surface area contributed by atoms with Crippen LogP contribution in [0.3, 0.4) is 0 Å². The van der Waals surface area contributed by atoms with Gasteiger partial charge in [-0.25, -0.2) is 13.1 Å². The number of hydrogen-bond donors (Lipinski definition) is 3. The molecule has 0 unspecified atom stereocenters. The number of methoxy groups -OCH3 is 1. The van der Waals surface area contributed by atoms with Crippen LogP contribution in [0.4, 0.5) is 5.69 Å². The van der Waals surface area contributed by atoms with Gasteiger partial charge in [0.25, 0.3) is 0 Å². The molecule has 0 aliphatic carbocycles. The molecule has 7 nitrogen and oxygen atoms in total. The van der Waals surface area contributed by atoms with Crippen molar-refractivity contribution in [2.45, 2.75) is 24.8 Å². The fourth-order valence-corrected chi connectivity index (χ4v) is 2.65. The monoisotopic (exact) mass is 301 g/mol. The van der Waals surface area contributed by atoms with Crippen LogP contribution in [-0.2, 0) is 14.8 Å². The Morgan fingerprint density at radius 3 is 2.60 bits per heavy atom. The average Bonchev–Trinajstić information content (AvgIpc) is 2.35. The lowest BCUT2D eigenvalue weighted by Gasteiger charge is -2.12. The molecule has 0 aliphatic heterocycles. The molecule has 0 atom stereocenters. The van der Waals surface area contributed by atoms with Crippen molar-refractivity contribution in [1.82, 2.24) is 10.0 Å². The number of nitrogen functional groups attached to an aromatic ring is 1. The van der Waals surface area contributed by atoms with Crippen molar-refractivity contribution in [3.63, 3.8) is 0 Å². The topological polar surface area (TPSA) is 111 Å². The van der Waals surface area contributed by atoms with Crippen molar-refractivity contribution in [2.24, 2.45) is 0 Å². The number of carbonyl (C=O) groups is 1. The van der Waals surface area contributed by atoms with Gasteiger partial charge in [0, 0.05) is 17.8 Å². The average molecular weight is 301 g/mol. The minimum Gasteiger partial charge on any atom is -0.495 e. The molecule has 1 aromatic rings. The van der Waals surface area contributed by atoms with E-state index in [1.165, 1.54) is 25.3 Å². The molecule has 1 rings (SSSR count). The highest BCUT2D eigenvalue weighted by atomic mass is 32.2. The maximum Gasteiger partial charge on any atom is 0.244 e. The Balaban J connectivity index is 2.87. The number of rotatable bonds is 6. The molecule has 20 heavy (non-hydrogen) atoms. The van der Waals surface area contributed by atoms with Gasteiger partial charge in [0.15, 0.2) is 0 Å². The van der Waals surface area contributed by atoms with Crippen molar-refractivity contribution in [1.29, 1.82) is 0 Å². The van der Waals surface area contributed by atoms with Gasteiger partial charge < -0.3 is 15.8 Å². The molecule has 0 bridgehead atoms. The Kier molecular flexibility index (Phi) is 5.34. The molecule has 0 radical (unpaired) electrons. The van der Waals surface area contributed by atoms with Gasteiger partial charge in [0.1, 0.15) is 10.6 Å². The van der Waals surface area contributed by atoms with Gasteiger partial charge in [-0.2, -0.15) is 0 Å². The predicted molar refractivity (Wildman–Crippen MR) is 75.9 cm³/mol. The summed E-state index contributed by atoms with van der Waals surface area (Å²) in [5.41, 5.74) is 5.95. The third-order valence-corrected chi connectivity index (χ3v) is 3.79. The molecule has 0 heterocycles. The second-order valence-corrected chi connectivity index (χ2v) is 6.19. The minimum absolute atomic E-state index is 0.0573. The zero-order valence-corrected chi connectivity index (χ0v) is 12.5. The highest BCUT2D eigenvalue weighted by Gasteiger charge is 2.20. The molecule has 1 amide bonds. The summed E-state index contributed by atoms with van der Waals surface area (Å²) in [6.07, 6.45) is 0. The maximum atomic E-state index is 12.1. The maximum absolute atomic E-state index is 12.1. The molecule has 0 saturated carbocycles. The number of nitrogens with two attached hydrogens (primary N) is 1. The van der Waals surface area contributed by atoms with Gasteiger partial charge >= 0.3 is 0 Å². The molecule has 4 N–H and O–H groups in total. The van der Waals surface area contributed by atoms with E-state index in [9.17, 15) is 13.2 Å².